The molecule has 0 saturated carbocycles. The Kier molecular flexibility index (Phi) is 5.70. The van der Waals surface area contributed by atoms with E-state index in [1.807, 2.05) is 54.3 Å². The first-order valence-electron chi connectivity index (χ1n) is 9.96. The highest BCUT2D eigenvalue weighted by Gasteiger charge is 2.33. The third-order valence-electron chi connectivity index (χ3n) is 5.44. The van der Waals surface area contributed by atoms with Crippen molar-refractivity contribution >= 4 is 5.91 Å². The lowest BCUT2D eigenvalue weighted by Crippen LogP contribution is -2.27. The minimum Gasteiger partial charge on any atom is -0.493 e. The summed E-state index contributed by atoms with van der Waals surface area (Å²) in [6.45, 7) is 3.26. The van der Waals surface area contributed by atoms with Gasteiger partial charge in [-0.2, -0.15) is 4.98 Å². The fraction of sp³-hybridized carbons (Fsp3) is 0.348. The molecule has 30 heavy (non-hydrogen) atoms. The quantitative estimate of drug-likeness (QED) is 0.595. The topological polar surface area (TPSA) is 77.7 Å². The summed E-state index contributed by atoms with van der Waals surface area (Å²) in [5.74, 6) is 2.53. The maximum Gasteiger partial charge on any atom is 0.257 e. The molecule has 4 rings (SSSR count). The summed E-state index contributed by atoms with van der Waals surface area (Å²) in [5, 5.41) is 4.13. The maximum absolute atomic E-state index is 12.5. The molecule has 156 valence electrons. The van der Waals surface area contributed by atoms with Crippen molar-refractivity contribution in [2.24, 2.45) is 0 Å². The summed E-state index contributed by atoms with van der Waals surface area (Å²) >= 11 is 0. The minimum absolute atomic E-state index is 0.0501. The molecule has 1 atom stereocenters. The van der Waals surface area contributed by atoms with Gasteiger partial charge in [-0.05, 0) is 43.2 Å². The summed E-state index contributed by atoms with van der Waals surface area (Å²) in [6.07, 6.45) is 1.14. The number of hydrogen-bond donors (Lipinski definition) is 0. The number of carbonyl (C=O) groups is 1. The van der Waals surface area contributed by atoms with Gasteiger partial charge in [-0.3, -0.25) is 4.79 Å². The van der Waals surface area contributed by atoms with Crippen LogP contribution in [0.4, 0.5) is 0 Å². The van der Waals surface area contributed by atoms with Crippen molar-refractivity contribution in [3.05, 3.63) is 59.4 Å². The molecule has 1 unspecified atom stereocenters. The molecule has 1 fully saturated rings. The first-order valence-corrected chi connectivity index (χ1v) is 9.96. The van der Waals surface area contributed by atoms with Gasteiger partial charge in [-0.25, -0.2) is 0 Å². The number of rotatable bonds is 7. The number of likely N-dealkylation sites (tertiary alicyclic amines) is 1. The summed E-state index contributed by atoms with van der Waals surface area (Å²) in [4.78, 5) is 18.9. The number of carbonyl (C=O) groups excluding carboxylic acids is 1. The molecule has 1 aliphatic heterocycles. The van der Waals surface area contributed by atoms with Crippen molar-refractivity contribution in [2.45, 2.75) is 25.7 Å². The van der Waals surface area contributed by atoms with Crippen LogP contribution in [0.5, 0.6) is 11.5 Å². The molecular formula is C23H25N3O4. The van der Waals surface area contributed by atoms with Gasteiger partial charge in [0.15, 0.2) is 17.3 Å². The number of benzene rings is 2. The number of aromatic nitrogens is 2. The van der Waals surface area contributed by atoms with Gasteiger partial charge in [-0.15, -0.1) is 0 Å². The molecule has 7 nitrogen and oxygen atoms in total. The highest BCUT2D eigenvalue weighted by molar-refractivity contribution is 5.79. The van der Waals surface area contributed by atoms with E-state index < -0.39 is 0 Å². The van der Waals surface area contributed by atoms with Crippen LogP contribution in [0.25, 0.3) is 11.5 Å². The van der Waals surface area contributed by atoms with Gasteiger partial charge in [0, 0.05) is 31.0 Å². The van der Waals surface area contributed by atoms with Crippen LogP contribution in [-0.4, -0.2) is 48.3 Å². The molecule has 0 bridgehead atoms. The molecule has 0 N–H and O–H groups in total. The Hall–Kier alpha value is -3.35. The van der Waals surface area contributed by atoms with Gasteiger partial charge in [0.25, 0.3) is 5.89 Å². The zero-order valence-electron chi connectivity index (χ0n) is 17.4. The van der Waals surface area contributed by atoms with Crippen LogP contribution >= 0.6 is 0 Å². The van der Waals surface area contributed by atoms with Gasteiger partial charge in [0.05, 0.1) is 14.2 Å². The first-order chi connectivity index (χ1) is 14.6. The second-order valence-electron chi connectivity index (χ2n) is 7.50. The number of amides is 1. The summed E-state index contributed by atoms with van der Waals surface area (Å²) < 4.78 is 16.1. The van der Waals surface area contributed by atoms with E-state index in [0.29, 0.717) is 42.7 Å². The van der Waals surface area contributed by atoms with E-state index in [1.165, 1.54) is 5.56 Å². The molecule has 1 aliphatic rings. The van der Waals surface area contributed by atoms with Crippen LogP contribution < -0.4 is 9.47 Å². The molecule has 1 amide bonds. The lowest BCUT2D eigenvalue weighted by atomic mass is 10.1. The molecule has 1 saturated heterocycles. The molecule has 7 heteroatoms. The Morgan fingerprint density at radius 1 is 1.10 bits per heavy atom. The van der Waals surface area contributed by atoms with E-state index in [-0.39, 0.29) is 11.8 Å². The minimum atomic E-state index is -0.0501. The first kappa shape index (κ1) is 19.9. The Bertz CT molecular complexity index is 1030. The van der Waals surface area contributed by atoms with E-state index in [2.05, 4.69) is 10.1 Å². The fourth-order valence-corrected chi connectivity index (χ4v) is 3.68. The largest absolute Gasteiger partial charge is 0.493 e. The molecule has 2 heterocycles. The Morgan fingerprint density at radius 2 is 1.87 bits per heavy atom. The van der Waals surface area contributed by atoms with Crippen molar-refractivity contribution in [1.82, 2.24) is 15.0 Å². The van der Waals surface area contributed by atoms with Crippen LogP contribution in [0.15, 0.2) is 47.0 Å². The van der Waals surface area contributed by atoms with Gasteiger partial charge in [-0.1, -0.05) is 28.9 Å². The number of aryl methyl sites for hydroxylation is 1. The highest BCUT2D eigenvalue weighted by Crippen LogP contribution is 2.30. The summed E-state index contributed by atoms with van der Waals surface area (Å²) in [5.41, 5.74) is 3.14. The van der Waals surface area contributed by atoms with Crippen molar-refractivity contribution in [3.8, 4) is 23.0 Å². The van der Waals surface area contributed by atoms with Crippen LogP contribution in [0.3, 0.4) is 0 Å². The maximum atomic E-state index is 12.5. The smallest absolute Gasteiger partial charge is 0.257 e. The predicted octanol–water partition coefficient (Wildman–Crippen LogP) is 3.62. The van der Waals surface area contributed by atoms with Crippen molar-refractivity contribution in [2.75, 3.05) is 27.3 Å². The summed E-state index contributed by atoms with van der Waals surface area (Å²) in [7, 11) is 3.23. The molecule has 3 aromatic rings. The highest BCUT2D eigenvalue weighted by atomic mass is 16.5. The number of hydrogen-bond acceptors (Lipinski definition) is 6. The monoisotopic (exact) mass is 407 g/mol. The third-order valence-corrected chi connectivity index (χ3v) is 5.44. The van der Waals surface area contributed by atoms with Crippen molar-refractivity contribution in [3.63, 3.8) is 0 Å². The van der Waals surface area contributed by atoms with E-state index >= 15 is 0 Å². The molecule has 0 spiro atoms. The Labute approximate surface area is 175 Å². The van der Waals surface area contributed by atoms with Crippen molar-refractivity contribution < 1.29 is 18.8 Å². The van der Waals surface area contributed by atoms with E-state index in [4.69, 9.17) is 14.0 Å². The third kappa shape index (κ3) is 4.15. The van der Waals surface area contributed by atoms with Gasteiger partial charge in [0.2, 0.25) is 5.91 Å². The lowest BCUT2D eigenvalue weighted by molar-refractivity contribution is -0.127. The summed E-state index contributed by atoms with van der Waals surface area (Å²) in [6, 6.07) is 13.8. The Balaban J connectivity index is 1.39. The van der Waals surface area contributed by atoms with E-state index in [9.17, 15) is 4.79 Å². The number of ether oxygens (including phenoxy) is 2. The average Bonchev–Trinajstić information content (AvgIpc) is 3.39. The van der Waals surface area contributed by atoms with Gasteiger partial charge >= 0.3 is 0 Å². The SMILES string of the molecule is COc1ccc(CCN2CC(c3noc(-c4ccc(C)cc4)n3)CC2=O)cc1OC. The van der Waals surface area contributed by atoms with Crippen LogP contribution in [0.2, 0.25) is 0 Å². The van der Waals surface area contributed by atoms with Crippen LogP contribution in [0, 0.1) is 6.92 Å². The normalized spacial score (nSPS) is 16.2. The fourth-order valence-electron chi connectivity index (χ4n) is 3.68. The Morgan fingerprint density at radius 3 is 2.60 bits per heavy atom. The van der Waals surface area contributed by atoms with E-state index in [1.54, 1.807) is 14.2 Å². The van der Waals surface area contributed by atoms with Crippen molar-refractivity contribution in [1.29, 1.82) is 0 Å². The average molecular weight is 407 g/mol. The second-order valence-corrected chi connectivity index (χ2v) is 7.50. The number of methoxy groups -OCH3 is 2. The zero-order chi connectivity index (χ0) is 21.1. The number of nitrogens with zero attached hydrogens (tertiary/aromatic N) is 3. The molecular weight excluding hydrogens is 382 g/mol. The molecule has 2 aromatic carbocycles. The molecule has 1 aromatic heterocycles. The lowest BCUT2D eigenvalue weighted by Gasteiger charge is -2.16. The standard InChI is InChI=1S/C23H25N3O4/c1-15-4-7-17(8-5-15)23-24-22(25-30-23)18-13-21(27)26(14-18)11-10-16-6-9-19(28-2)20(12-16)29-3/h4-9,12,18H,10-11,13-14H2,1-3H3. The zero-order valence-corrected chi connectivity index (χ0v) is 17.4. The molecule has 0 radical (unpaired) electrons. The van der Waals surface area contributed by atoms with Gasteiger partial charge in [0.1, 0.15) is 0 Å². The van der Waals surface area contributed by atoms with Crippen LogP contribution in [-0.2, 0) is 11.2 Å². The predicted molar refractivity (Wildman–Crippen MR) is 112 cm³/mol. The van der Waals surface area contributed by atoms with Crippen LogP contribution in [0.1, 0.15) is 29.3 Å². The van der Waals surface area contributed by atoms with E-state index in [0.717, 1.165) is 17.5 Å². The second kappa shape index (κ2) is 8.57. The molecule has 0 aliphatic carbocycles. The van der Waals surface area contributed by atoms with Gasteiger partial charge < -0.3 is 18.9 Å².